The number of fused-ring (bicyclic) bond motifs is 1. The van der Waals surface area contributed by atoms with Crippen LogP contribution in [0.5, 0.6) is 0 Å². The summed E-state index contributed by atoms with van der Waals surface area (Å²) in [5, 5.41) is 1.18. The summed E-state index contributed by atoms with van der Waals surface area (Å²) in [7, 11) is 0. The Labute approximate surface area is 146 Å². The van der Waals surface area contributed by atoms with E-state index in [0.717, 1.165) is 57.8 Å². The minimum absolute atomic E-state index is 0.253. The lowest BCUT2D eigenvalue weighted by Crippen LogP contribution is -2.47. The third-order valence-electron chi connectivity index (χ3n) is 4.90. The van der Waals surface area contributed by atoms with Crippen molar-refractivity contribution in [1.82, 2.24) is 14.8 Å². The van der Waals surface area contributed by atoms with Crippen LogP contribution in [0.4, 0.5) is 0 Å². The van der Waals surface area contributed by atoms with Crippen LogP contribution in [0.15, 0.2) is 24.3 Å². The molecule has 2 aliphatic heterocycles. The van der Waals surface area contributed by atoms with Gasteiger partial charge in [-0.1, -0.05) is 12.1 Å². The van der Waals surface area contributed by atoms with Crippen LogP contribution in [0.1, 0.15) is 23.8 Å². The van der Waals surface area contributed by atoms with Gasteiger partial charge < -0.3 is 9.64 Å². The molecule has 2 saturated heterocycles. The molecular weight excluding hydrogens is 322 g/mol. The van der Waals surface area contributed by atoms with Gasteiger partial charge in [-0.25, -0.2) is 4.98 Å². The summed E-state index contributed by atoms with van der Waals surface area (Å²) in [6.45, 7) is 5.41. The predicted molar refractivity (Wildman–Crippen MR) is 95.4 cm³/mol. The first-order valence-corrected chi connectivity index (χ1v) is 9.54. The van der Waals surface area contributed by atoms with E-state index in [2.05, 4.69) is 23.1 Å². The first kappa shape index (κ1) is 16.0. The maximum absolute atomic E-state index is 12.6. The molecule has 2 fully saturated rings. The number of rotatable bonds is 3. The van der Waals surface area contributed by atoms with Gasteiger partial charge in [-0.05, 0) is 25.0 Å². The predicted octanol–water partition coefficient (Wildman–Crippen LogP) is 2.33. The highest BCUT2D eigenvalue weighted by molar-refractivity contribution is 7.18. The van der Waals surface area contributed by atoms with E-state index in [1.54, 1.807) is 11.3 Å². The number of hydrogen-bond donors (Lipinski definition) is 0. The van der Waals surface area contributed by atoms with Crippen molar-refractivity contribution < 1.29 is 9.53 Å². The topological polar surface area (TPSA) is 45.7 Å². The van der Waals surface area contributed by atoms with Crippen molar-refractivity contribution in [3.05, 3.63) is 29.3 Å². The van der Waals surface area contributed by atoms with E-state index >= 15 is 0 Å². The van der Waals surface area contributed by atoms with Crippen molar-refractivity contribution >= 4 is 27.5 Å². The van der Waals surface area contributed by atoms with Crippen molar-refractivity contribution in [3.8, 4) is 0 Å². The van der Waals surface area contributed by atoms with Gasteiger partial charge >= 0.3 is 0 Å². The van der Waals surface area contributed by atoms with Crippen molar-refractivity contribution in [1.29, 1.82) is 0 Å². The summed E-state index contributed by atoms with van der Waals surface area (Å²) in [5.74, 6) is 0.632. The molecule has 0 bridgehead atoms. The second-order valence-corrected chi connectivity index (χ2v) is 7.65. The van der Waals surface area contributed by atoms with Gasteiger partial charge in [-0.2, -0.15) is 0 Å². The third-order valence-corrected chi connectivity index (χ3v) is 6.10. The summed E-state index contributed by atoms with van der Waals surface area (Å²) < 4.78 is 6.60. The van der Waals surface area contributed by atoms with E-state index in [9.17, 15) is 4.79 Å². The number of aromatic nitrogens is 1. The van der Waals surface area contributed by atoms with Gasteiger partial charge in [0.25, 0.3) is 0 Å². The zero-order valence-electron chi connectivity index (χ0n) is 13.8. The Hall–Kier alpha value is -1.50. The molecule has 0 unspecified atom stereocenters. The molecule has 128 valence electrons. The van der Waals surface area contributed by atoms with Gasteiger partial charge in [-0.3, -0.25) is 9.69 Å². The normalized spacial score (nSPS) is 22.8. The van der Waals surface area contributed by atoms with Gasteiger partial charge in [0.05, 0.1) is 35.0 Å². The zero-order chi connectivity index (χ0) is 16.4. The maximum Gasteiger partial charge on any atom is 0.236 e. The van der Waals surface area contributed by atoms with E-state index in [-0.39, 0.29) is 5.91 Å². The number of carbonyl (C=O) groups excluding carboxylic acids is 1. The minimum Gasteiger partial charge on any atom is -0.379 e. The highest BCUT2D eigenvalue weighted by atomic mass is 32.1. The summed E-state index contributed by atoms with van der Waals surface area (Å²) in [5.41, 5.74) is 1.08. The molecule has 1 atom stereocenters. The molecule has 5 nitrogen and oxygen atoms in total. The van der Waals surface area contributed by atoms with Crippen LogP contribution >= 0.6 is 11.3 Å². The van der Waals surface area contributed by atoms with Crippen molar-refractivity contribution in [2.24, 2.45) is 0 Å². The lowest BCUT2D eigenvalue weighted by Gasteiger charge is -2.34. The minimum atomic E-state index is 0.253. The fraction of sp³-hybridized carbons (Fsp3) is 0.556. The average Bonchev–Trinajstić information content (AvgIpc) is 3.07. The van der Waals surface area contributed by atoms with Gasteiger partial charge in [-0.15, -0.1) is 11.3 Å². The molecule has 6 heteroatoms. The molecule has 4 rings (SSSR count). The number of carbonyl (C=O) groups is 1. The molecular formula is C18H23N3O2S. The Kier molecular flexibility index (Phi) is 4.78. The number of likely N-dealkylation sites (tertiary alicyclic amines) is 1. The summed E-state index contributed by atoms with van der Waals surface area (Å²) in [6, 6.07) is 8.29. The van der Waals surface area contributed by atoms with Crippen molar-refractivity contribution in [2.45, 2.75) is 18.8 Å². The highest BCUT2D eigenvalue weighted by Gasteiger charge is 2.28. The molecule has 0 radical (unpaired) electrons. The molecule has 1 amide bonds. The number of nitrogens with zero attached hydrogens (tertiary/aromatic N) is 3. The maximum atomic E-state index is 12.6. The van der Waals surface area contributed by atoms with Gasteiger partial charge in [0.15, 0.2) is 0 Å². The molecule has 0 spiro atoms. The number of thiazole rings is 1. The van der Waals surface area contributed by atoms with E-state index in [1.807, 2.05) is 11.0 Å². The number of amides is 1. The fourth-order valence-corrected chi connectivity index (χ4v) is 4.61. The first-order chi connectivity index (χ1) is 11.8. The van der Waals surface area contributed by atoms with Gasteiger partial charge in [0.2, 0.25) is 5.91 Å². The van der Waals surface area contributed by atoms with E-state index < -0.39 is 0 Å². The number of morpholine rings is 1. The zero-order valence-corrected chi connectivity index (χ0v) is 14.6. The Morgan fingerprint density at radius 1 is 1.25 bits per heavy atom. The van der Waals surface area contributed by atoms with Gasteiger partial charge in [0, 0.05) is 32.1 Å². The Balaban J connectivity index is 1.42. The smallest absolute Gasteiger partial charge is 0.236 e. The third kappa shape index (κ3) is 3.45. The number of para-hydroxylation sites is 1. The summed E-state index contributed by atoms with van der Waals surface area (Å²) in [4.78, 5) is 21.7. The summed E-state index contributed by atoms with van der Waals surface area (Å²) in [6.07, 6.45) is 2.19. The van der Waals surface area contributed by atoms with Crippen molar-refractivity contribution in [2.75, 3.05) is 45.9 Å². The number of hydrogen-bond acceptors (Lipinski definition) is 5. The number of piperidine rings is 1. The lowest BCUT2D eigenvalue weighted by molar-refractivity contribution is -0.134. The molecule has 0 saturated carbocycles. The highest BCUT2D eigenvalue weighted by Crippen LogP contribution is 2.32. The molecule has 2 aliphatic rings. The second kappa shape index (κ2) is 7.17. The van der Waals surface area contributed by atoms with Crippen LogP contribution in [0.3, 0.4) is 0 Å². The van der Waals surface area contributed by atoms with E-state index in [0.29, 0.717) is 12.5 Å². The summed E-state index contributed by atoms with van der Waals surface area (Å²) >= 11 is 1.78. The Bertz CT molecular complexity index is 678. The standard InChI is InChI=1S/C18H23N3O2S/c22-17(13-20-8-10-23-11-9-20)21-7-3-4-14(12-21)18-19-15-5-1-2-6-16(15)24-18/h1-2,5-6,14H,3-4,7-13H2/t14-/m1/s1. The average molecular weight is 345 g/mol. The molecule has 1 aromatic carbocycles. The number of benzene rings is 1. The SMILES string of the molecule is O=C(CN1CCOCC1)N1CCC[C@@H](c2nc3ccccc3s2)C1. The fourth-order valence-electron chi connectivity index (χ4n) is 3.52. The molecule has 1 aromatic heterocycles. The monoisotopic (exact) mass is 345 g/mol. The van der Waals surface area contributed by atoms with E-state index in [4.69, 9.17) is 9.72 Å². The molecule has 3 heterocycles. The molecule has 24 heavy (non-hydrogen) atoms. The van der Waals surface area contributed by atoms with E-state index in [1.165, 1.54) is 9.71 Å². The quantitative estimate of drug-likeness (QED) is 0.857. The molecule has 0 N–H and O–H groups in total. The van der Waals surface area contributed by atoms with Crippen LogP contribution in [0, 0.1) is 0 Å². The van der Waals surface area contributed by atoms with Crippen LogP contribution in [0.2, 0.25) is 0 Å². The lowest BCUT2D eigenvalue weighted by atomic mass is 9.98. The van der Waals surface area contributed by atoms with Crippen LogP contribution in [-0.2, 0) is 9.53 Å². The first-order valence-electron chi connectivity index (χ1n) is 8.73. The Morgan fingerprint density at radius 2 is 2.08 bits per heavy atom. The van der Waals surface area contributed by atoms with Crippen molar-refractivity contribution in [3.63, 3.8) is 0 Å². The molecule has 2 aromatic rings. The largest absolute Gasteiger partial charge is 0.379 e. The number of ether oxygens (including phenoxy) is 1. The van der Waals surface area contributed by atoms with Crippen LogP contribution in [-0.4, -0.2) is 66.6 Å². The second-order valence-electron chi connectivity index (χ2n) is 6.59. The van der Waals surface area contributed by atoms with Crippen LogP contribution in [0.25, 0.3) is 10.2 Å². The molecule has 0 aliphatic carbocycles. The van der Waals surface area contributed by atoms with Crippen LogP contribution < -0.4 is 0 Å². The van der Waals surface area contributed by atoms with Gasteiger partial charge in [0.1, 0.15) is 0 Å². The Morgan fingerprint density at radius 3 is 2.92 bits per heavy atom.